The predicted molar refractivity (Wildman–Crippen MR) is 101 cm³/mol. The van der Waals surface area contributed by atoms with Crippen LogP contribution in [0, 0.1) is 6.92 Å². The van der Waals surface area contributed by atoms with Crippen molar-refractivity contribution in [3.63, 3.8) is 0 Å². The number of piperazine rings is 1. The summed E-state index contributed by atoms with van der Waals surface area (Å²) in [6, 6.07) is 6.56. The van der Waals surface area contributed by atoms with Crippen molar-refractivity contribution in [1.82, 2.24) is 9.80 Å². The van der Waals surface area contributed by atoms with Gasteiger partial charge in [0.1, 0.15) is 6.04 Å². The van der Waals surface area contributed by atoms with Crippen LogP contribution in [0.5, 0.6) is 0 Å². The van der Waals surface area contributed by atoms with Crippen molar-refractivity contribution in [2.45, 2.75) is 33.2 Å². The predicted octanol–water partition coefficient (Wildman–Crippen LogP) is 1.70. The first-order chi connectivity index (χ1) is 11.8. The van der Waals surface area contributed by atoms with Crippen LogP contribution in [0.1, 0.15) is 25.8 Å². The van der Waals surface area contributed by atoms with Crippen LogP contribution in [-0.2, 0) is 14.8 Å². The average molecular weight is 368 g/mol. The average Bonchev–Trinajstić information content (AvgIpc) is 2.59. The second-order valence-electron chi connectivity index (χ2n) is 6.58. The zero-order chi connectivity index (χ0) is 18.6. The third kappa shape index (κ3) is 4.73. The Morgan fingerprint density at radius 1 is 1.12 bits per heavy atom. The summed E-state index contributed by atoms with van der Waals surface area (Å²) in [5.41, 5.74) is 1.59. The fourth-order valence-electron chi connectivity index (χ4n) is 3.23. The van der Waals surface area contributed by atoms with Gasteiger partial charge in [-0.25, -0.2) is 8.42 Å². The van der Waals surface area contributed by atoms with E-state index in [2.05, 4.69) is 11.8 Å². The van der Waals surface area contributed by atoms with Crippen molar-refractivity contribution in [2.24, 2.45) is 0 Å². The zero-order valence-electron chi connectivity index (χ0n) is 15.6. The molecular weight excluding hydrogens is 338 g/mol. The third-order valence-corrected chi connectivity index (χ3v) is 5.91. The van der Waals surface area contributed by atoms with E-state index in [1.807, 2.05) is 26.0 Å². The van der Waals surface area contributed by atoms with Crippen LogP contribution in [0.2, 0.25) is 0 Å². The van der Waals surface area contributed by atoms with Crippen LogP contribution in [0.4, 0.5) is 5.69 Å². The molecule has 1 fully saturated rings. The number of anilines is 1. The van der Waals surface area contributed by atoms with E-state index in [0.29, 0.717) is 25.2 Å². The molecule has 1 heterocycles. The Bertz CT molecular complexity index is 680. The number of benzene rings is 1. The number of carbonyl (C=O) groups excluding carboxylic acids is 1. The van der Waals surface area contributed by atoms with Gasteiger partial charge in [-0.05, 0) is 32.0 Å². The van der Waals surface area contributed by atoms with E-state index >= 15 is 0 Å². The number of carbonyl (C=O) groups is 1. The van der Waals surface area contributed by atoms with Gasteiger partial charge >= 0.3 is 0 Å². The van der Waals surface area contributed by atoms with Gasteiger partial charge < -0.3 is 9.80 Å². The van der Waals surface area contributed by atoms with Crippen LogP contribution in [0.25, 0.3) is 0 Å². The quantitative estimate of drug-likeness (QED) is 0.768. The van der Waals surface area contributed by atoms with E-state index in [-0.39, 0.29) is 5.91 Å². The highest BCUT2D eigenvalue weighted by molar-refractivity contribution is 7.92. The molecule has 0 radical (unpaired) electrons. The number of hydrogen-bond acceptors (Lipinski definition) is 4. The fourth-order valence-corrected chi connectivity index (χ4v) is 4.44. The molecule has 1 aliphatic heterocycles. The summed E-state index contributed by atoms with van der Waals surface area (Å²) in [5, 5.41) is 0. The van der Waals surface area contributed by atoms with Crippen molar-refractivity contribution in [3.05, 3.63) is 29.8 Å². The monoisotopic (exact) mass is 367 g/mol. The molecule has 1 unspecified atom stereocenters. The minimum atomic E-state index is -3.57. The lowest BCUT2D eigenvalue weighted by atomic mass is 10.1. The molecule has 0 saturated carbocycles. The highest BCUT2D eigenvalue weighted by Gasteiger charge is 2.35. The minimum absolute atomic E-state index is 0.107. The van der Waals surface area contributed by atoms with Gasteiger partial charge in [0.2, 0.25) is 15.9 Å². The van der Waals surface area contributed by atoms with E-state index in [9.17, 15) is 13.2 Å². The SMILES string of the molecule is CCC(C(=O)N1CCN(CC)CC1)N(c1ccc(C)cc1)S(C)(=O)=O. The summed E-state index contributed by atoms with van der Waals surface area (Å²) < 4.78 is 26.2. The smallest absolute Gasteiger partial charge is 0.246 e. The van der Waals surface area contributed by atoms with Crippen LogP contribution in [0.15, 0.2) is 24.3 Å². The van der Waals surface area contributed by atoms with Crippen molar-refractivity contribution < 1.29 is 13.2 Å². The van der Waals surface area contributed by atoms with Gasteiger partial charge in [-0.15, -0.1) is 0 Å². The molecule has 0 bridgehead atoms. The van der Waals surface area contributed by atoms with Crippen molar-refractivity contribution >= 4 is 21.6 Å². The maximum absolute atomic E-state index is 13.1. The van der Waals surface area contributed by atoms with Crippen molar-refractivity contribution in [1.29, 1.82) is 0 Å². The molecular formula is C18H29N3O3S. The van der Waals surface area contributed by atoms with E-state index in [1.54, 1.807) is 17.0 Å². The summed E-state index contributed by atoms with van der Waals surface area (Å²) >= 11 is 0. The Morgan fingerprint density at radius 3 is 2.12 bits per heavy atom. The summed E-state index contributed by atoms with van der Waals surface area (Å²) in [7, 11) is -3.57. The summed E-state index contributed by atoms with van der Waals surface area (Å²) in [6.45, 7) is 9.85. The lowest BCUT2D eigenvalue weighted by Crippen LogP contribution is -2.55. The number of amides is 1. The number of nitrogens with zero attached hydrogens (tertiary/aromatic N) is 3. The maximum atomic E-state index is 13.1. The normalized spacial score (nSPS) is 17.4. The van der Waals surface area contributed by atoms with Crippen molar-refractivity contribution in [2.75, 3.05) is 43.3 Å². The van der Waals surface area contributed by atoms with E-state index in [1.165, 1.54) is 4.31 Å². The van der Waals surface area contributed by atoms with Crippen molar-refractivity contribution in [3.8, 4) is 0 Å². The first-order valence-corrected chi connectivity index (χ1v) is 10.7. The molecule has 140 valence electrons. The highest BCUT2D eigenvalue weighted by atomic mass is 32.2. The maximum Gasteiger partial charge on any atom is 0.246 e. The molecule has 6 nitrogen and oxygen atoms in total. The Labute approximate surface area is 151 Å². The number of hydrogen-bond donors (Lipinski definition) is 0. The molecule has 1 aliphatic rings. The number of likely N-dealkylation sites (N-methyl/N-ethyl adjacent to an activating group) is 1. The van der Waals surface area contributed by atoms with Gasteiger partial charge in [0.15, 0.2) is 0 Å². The zero-order valence-corrected chi connectivity index (χ0v) is 16.4. The standard InChI is InChI=1S/C18H29N3O3S/c1-5-17(18(22)20-13-11-19(6-2)12-14-20)21(25(4,23)24)16-9-7-15(3)8-10-16/h7-10,17H,5-6,11-14H2,1-4H3. The summed E-state index contributed by atoms with van der Waals surface area (Å²) in [5.74, 6) is -0.107. The molecule has 0 N–H and O–H groups in total. The summed E-state index contributed by atoms with van der Waals surface area (Å²) in [4.78, 5) is 17.1. The molecule has 0 spiro atoms. The topological polar surface area (TPSA) is 60.9 Å². The fraction of sp³-hybridized carbons (Fsp3) is 0.611. The van der Waals surface area contributed by atoms with E-state index in [4.69, 9.17) is 0 Å². The number of rotatable bonds is 6. The van der Waals surface area contributed by atoms with Gasteiger partial charge in [0, 0.05) is 26.2 Å². The molecule has 1 amide bonds. The molecule has 7 heteroatoms. The Morgan fingerprint density at radius 2 is 1.68 bits per heavy atom. The number of aryl methyl sites for hydroxylation is 1. The first-order valence-electron chi connectivity index (χ1n) is 8.85. The Balaban J connectivity index is 2.27. The minimum Gasteiger partial charge on any atom is -0.338 e. The first kappa shape index (κ1) is 19.7. The second kappa shape index (κ2) is 8.19. The summed E-state index contributed by atoms with van der Waals surface area (Å²) in [6.07, 6.45) is 1.60. The van der Waals surface area contributed by atoms with E-state index in [0.717, 1.165) is 31.5 Å². The number of sulfonamides is 1. The molecule has 25 heavy (non-hydrogen) atoms. The second-order valence-corrected chi connectivity index (χ2v) is 8.44. The van der Waals surface area contributed by atoms with Gasteiger partial charge in [-0.3, -0.25) is 9.10 Å². The van der Waals surface area contributed by atoms with Gasteiger partial charge in [0.25, 0.3) is 0 Å². The Hall–Kier alpha value is -1.60. The Kier molecular flexibility index (Phi) is 6.46. The molecule has 1 aromatic carbocycles. The molecule has 1 atom stereocenters. The van der Waals surface area contributed by atoms with Gasteiger partial charge in [-0.1, -0.05) is 31.5 Å². The van der Waals surface area contributed by atoms with Gasteiger partial charge in [-0.2, -0.15) is 0 Å². The lowest BCUT2D eigenvalue weighted by molar-refractivity contribution is -0.134. The highest BCUT2D eigenvalue weighted by Crippen LogP contribution is 2.24. The molecule has 2 rings (SSSR count). The molecule has 1 saturated heterocycles. The molecule has 1 aromatic rings. The van der Waals surface area contributed by atoms with Crippen LogP contribution in [0.3, 0.4) is 0 Å². The molecule has 0 aromatic heterocycles. The van der Waals surface area contributed by atoms with Crippen LogP contribution < -0.4 is 4.31 Å². The van der Waals surface area contributed by atoms with Crippen LogP contribution in [-0.4, -0.2) is 69.1 Å². The molecule has 0 aliphatic carbocycles. The third-order valence-electron chi connectivity index (χ3n) is 4.73. The van der Waals surface area contributed by atoms with Crippen LogP contribution >= 0.6 is 0 Å². The largest absolute Gasteiger partial charge is 0.338 e. The lowest BCUT2D eigenvalue weighted by Gasteiger charge is -2.38. The van der Waals surface area contributed by atoms with E-state index < -0.39 is 16.1 Å². The van der Waals surface area contributed by atoms with Gasteiger partial charge in [0.05, 0.1) is 11.9 Å².